The van der Waals surface area contributed by atoms with Gasteiger partial charge in [0.2, 0.25) is 0 Å². The normalized spacial score (nSPS) is 14.7. The van der Waals surface area contributed by atoms with E-state index in [2.05, 4.69) is 15.3 Å². The Bertz CT molecular complexity index is 341. The van der Waals surface area contributed by atoms with E-state index in [1.807, 2.05) is 0 Å². The maximum Gasteiger partial charge on any atom is 0.134 e. The molecule has 0 radical (unpaired) electrons. The Labute approximate surface area is 88.2 Å². The third-order valence-electron chi connectivity index (χ3n) is 2.10. The van der Waals surface area contributed by atoms with Crippen molar-refractivity contribution in [3.8, 4) is 0 Å². The molecule has 5 N–H and O–H groups in total. The predicted molar refractivity (Wildman–Crippen MR) is 57.4 cm³/mol. The molecular formula is C9H16N4O2. The molecule has 0 fully saturated rings. The van der Waals surface area contributed by atoms with E-state index in [-0.39, 0.29) is 13.2 Å². The van der Waals surface area contributed by atoms with Crippen molar-refractivity contribution >= 4 is 11.6 Å². The summed E-state index contributed by atoms with van der Waals surface area (Å²) < 4.78 is 0. The molecule has 0 aliphatic carbocycles. The Balaban J connectivity index is 2.70. The van der Waals surface area contributed by atoms with Gasteiger partial charge in [0.25, 0.3) is 0 Å². The number of nitrogens with one attached hydrogen (secondary N) is 1. The summed E-state index contributed by atoms with van der Waals surface area (Å²) in [6, 6.07) is 0. The number of aliphatic hydroxyl groups is 2. The molecule has 1 aromatic heterocycles. The topological polar surface area (TPSA) is 104 Å². The van der Waals surface area contributed by atoms with Crippen molar-refractivity contribution in [2.75, 3.05) is 24.2 Å². The monoisotopic (exact) mass is 212 g/mol. The molecular weight excluding hydrogens is 196 g/mol. The molecule has 6 nitrogen and oxygen atoms in total. The summed E-state index contributed by atoms with van der Waals surface area (Å²) in [5.41, 5.74) is 5.14. The molecule has 1 unspecified atom stereocenters. The second kappa shape index (κ2) is 4.41. The highest BCUT2D eigenvalue weighted by molar-refractivity contribution is 5.53. The summed E-state index contributed by atoms with van der Waals surface area (Å²) in [4.78, 5) is 7.80. The standard InChI is InChI=1S/C9H16N4O2/c1-6-7(10)12-5-13-8(6)11-3-9(2,15)4-14/h5,14-15H,3-4H2,1-2H3,(H3,10,11,12,13). The first-order valence-corrected chi connectivity index (χ1v) is 4.60. The van der Waals surface area contributed by atoms with Crippen molar-refractivity contribution in [3.63, 3.8) is 0 Å². The molecule has 0 aliphatic rings. The Hall–Kier alpha value is -1.40. The summed E-state index contributed by atoms with van der Waals surface area (Å²) in [5, 5.41) is 21.3. The van der Waals surface area contributed by atoms with Crippen LogP contribution in [0, 0.1) is 6.92 Å². The minimum atomic E-state index is -1.17. The first-order valence-electron chi connectivity index (χ1n) is 4.60. The summed E-state index contributed by atoms with van der Waals surface area (Å²) in [5.74, 6) is 0.965. The van der Waals surface area contributed by atoms with Gasteiger partial charge in [-0.05, 0) is 13.8 Å². The van der Waals surface area contributed by atoms with E-state index in [1.165, 1.54) is 13.3 Å². The molecule has 0 aliphatic heterocycles. The minimum absolute atomic E-state index is 0.195. The highest BCUT2D eigenvalue weighted by atomic mass is 16.3. The molecule has 0 spiro atoms. The molecule has 6 heteroatoms. The first kappa shape index (κ1) is 11.7. The van der Waals surface area contributed by atoms with Crippen molar-refractivity contribution in [3.05, 3.63) is 11.9 Å². The number of hydrogen-bond acceptors (Lipinski definition) is 6. The maximum atomic E-state index is 9.56. The fraction of sp³-hybridized carbons (Fsp3) is 0.556. The zero-order chi connectivity index (χ0) is 11.5. The summed E-state index contributed by atoms with van der Waals surface area (Å²) in [6.45, 7) is 3.19. The van der Waals surface area contributed by atoms with Gasteiger partial charge < -0.3 is 21.3 Å². The van der Waals surface area contributed by atoms with E-state index >= 15 is 0 Å². The van der Waals surface area contributed by atoms with Crippen molar-refractivity contribution in [2.45, 2.75) is 19.4 Å². The third-order valence-corrected chi connectivity index (χ3v) is 2.10. The van der Waals surface area contributed by atoms with E-state index in [0.717, 1.165) is 5.56 Å². The molecule has 0 saturated heterocycles. The Morgan fingerprint density at radius 3 is 2.80 bits per heavy atom. The van der Waals surface area contributed by atoms with Crippen LogP contribution in [0.1, 0.15) is 12.5 Å². The molecule has 0 saturated carbocycles. The predicted octanol–water partition coefficient (Wildman–Crippen LogP) is -0.478. The van der Waals surface area contributed by atoms with Crippen LogP contribution in [0.4, 0.5) is 11.6 Å². The van der Waals surface area contributed by atoms with Gasteiger partial charge in [0.1, 0.15) is 23.6 Å². The molecule has 0 amide bonds. The quantitative estimate of drug-likeness (QED) is 0.537. The van der Waals surface area contributed by atoms with E-state index in [9.17, 15) is 5.11 Å². The van der Waals surface area contributed by atoms with Crippen LogP contribution in [0.2, 0.25) is 0 Å². The Kier molecular flexibility index (Phi) is 3.43. The summed E-state index contributed by atoms with van der Waals surface area (Å²) in [6.07, 6.45) is 1.35. The molecule has 84 valence electrons. The maximum absolute atomic E-state index is 9.56. The van der Waals surface area contributed by atoms with Gasteiger partial charge in [-0.25, -0.2) is 9.97 Å². The fourth-order valence-corrected chi connectivity index (χ4v) is 0.972. The molecule has 15 heavy (non-hydrogen) atoms. The van der Waals surface area contributed by atoms with Crippen molar-refractivity contribution in [1.82, 2.24) is 9.97 Å². The number of hydrogen-bond donors (Lipinski definition) is 4. The largest absolute Gasteiger partial charge is 0.393 e. The van der Waals surface area contributed by atoms with Gasteiger partial charge in [-0.1, -0.05) is 0 Å². The minimum Gasteiger partial charge on any atom is -0.393 e. The van der Waals surface area contributed by atoms with Crippen LogP contribution < -0.4 is 11.1 Å². The average molecular weight is 212 g/mol. The number of nitrogen functional groups attached to an aromatic ring is 1. The van der Waals surface area contributed by atoms with Crippen LogP contribution in [0.3, 0.4) is 0 Å². The van der Waals surface area contributed by atoms with Crippen LogP contribution in [0.5, 0.6) is 0 Å². The van der Waals surface area contributed by atoms with E-state index in [4.69, 9.17) is 10.8 Å². The lowest BCUT2D eigenvalue weighted by molar-refractivity contribution is 0.0131. The van der Waals surface area contributed by atoms with Gasteiger partial charge in [0.05, 0.1) is 6.61 Å². The van der Waals surface area contributed by atoms with Crippen LogP contribution in [-0.2, 0) is 0 Å². The fourth-order valence-electron chi connectivity index (χ4n) is 0.972. The molecule has 0 aromatic carbocycles. The SMILES string of the molecule is Cc1c(N)ncnc1NCC(C)(O)CO. The van der Waals surface area contributed by atoms with Gasteiger partial charge >= 0.3 is 0 Å². The van der Waals surface area contributed by atoms with Gasteiger partial charge in [-0.2, -0.15) is 0 Å². The molecule has 1 heterocycles. The first-order chi connectivity index (χ1) is 6.96. The van der Waals surface area contributed by atoms with Crippen LogP contribution in [-0.4, -0.2) is 38.9 Å². The average Bonchev–Trinajstić information content (AvgIpc) is 2.20. The van der Waals surface area contributed by atoms with Gasteiger partial charge in [-0.3, -0.25) is 0 Å². The smallest absolute Gasteiger partial charge is 0.134 e. The van der Waals surface area contributed by atoms with E-state index in [0.29, 0.717) is 11.6 Å². The lowest BCUT2D eigenvalue weighted by atomic mass is 10.1. The summed E-state index contributed by atoms with van der Waals surface area (Å²) >= 11 is 0. The van der Waals surface area contributed by atoms with Crippen LogP contribution in [0.25, 0.3) is 0 Å². The number of aromatic nitrogens is 2. The molecule has 1 aromatic rings. The van der Waals surface area contributed by atoms with Crippen molar-refractivity contribution in [2.24, 2.45) is 0 Å². The lowest BCUT2D eigenvalue weighted by Crippen LogP contribution is -2.37. The van der Waals surface area contributed by atoms with Crippen molar-refractivity contribution < 1.29 is 10.2 Å². The number of aliphatic hydroxyl groups excluding tert-OH is 1. The van der Waals surface area contributed by atoms with Crippen LogP contribution >= 0.6 is 0 Å². The highest BCUT2D eigenvalue weighted by Crippen LogP contribution is 2.15. The summed E-state index contributed by atoms with van der Waals surface area (Å²) in [7, 11) is 0. The third kappa shape index (κ3) is 3.03. The molecule has 1 rings (SSSR count). The second-order valence-corrected chi connectivity index (χ2v) is 3.74. The highest BCUT2D eigenvalue weighted by Gasteiger charge is 2.19. The zero-order valence-electron chi connectivity index (χ0n) is 8.86. The Morgan fingerprint density at radius 1 is 1.53 bits per heavy atom. The lowest BCUT2D eigenvalue weighted by Gasteiger charge is -2.21. The zero-order valence-corrected chi connectivity index (χ0v) is 8.86. The van der Waals surface area contributed by atoms with Gasteiger partial charge in [0.15, 0.2) is 0 Å². The van der Waals surface area contributed by atoms with Gasteiger partial charge in [-0.15, -0.1) is 0 Å². The van der Waals surface area contributed by atoms with E-state index in [1.54, 1.807) is 6.92 Å². The molecule has 1 atom stereocenters. The number of rotatable bonds is 4. The molecule has 0 bridgehead atoms. The second-order valence-electron chi connectivity index (χ2n) is 3.74. The number of nitrogens with zero attached hydrogens (tertiary/aromatic N) is 2. The van der Waals surface area contributed by atoms with Crippen molar-refractivity contribution in [1.29, 1.82) is 0 Å². The number of nitrogens with two attached hydrogens (primary N) is 1. The van der Waals surface area contributed by atoms with Gasteiger partial charge in [0, 0.05) is 12.1 Å². The Morgan fingerprint density at radius 2 is 2.20 bits per heavy atom. The number of anilines is 2. The van der Waals surface area contributed by atoms with E-state index < -0.39 is 5.60 Å². The van der Waals surface area contributed by atoms with Crippen LogP contribution in [0.15, 0.2) is 6.33 Å².